The molecular weight excluding hydrogens is 314 g/mol. The topological polar surface area (TPSA) is 40.1 Å². The smallest absolute Gasteiger partial charge is 0.545 e. The second-order valence-corrected chi connectivity index (χ2v) is 7.06. The van der Waals surface area contributed by atoms with Gasteiger partial charge in [0.25, 0.3) is 0 Å². The Hall–Kier alpha value is -1.44. The van der Waals surface area contributed by atoms with Crippen LogP contribution in [0.2, 0.25) is 0 Å². The summed E-state index contributed by atoms with van der Waals surface area (Å²) in [6.45, 7) is 0. The van der Waals surface area contributed by atoms with Crippen LogP contribution in [0.25, 0.3) is 0 Å². The zero-order chi connectivity index (χ0) is 15.4. The van der Waals surface area contributed by atoms with E-state index in [9.17, 15) is 9.90 Å². The number of carbonyl (C=O) groups excluding carboxylic acids is 1. The number of carboxylic acid groups (broad SMARTS) is 1. The first kappa shape index (κ1) is 17.9. The van der Waals surface area contributed by atoms with Gasteiger partial charge in [-0.2, -0.15) is 0 Å². The molecule has 0 saturated heterocycles. The zero-order valence-electron chi connectivity index (χ0n) is 12.8. The van der Waals surface area contributed by atoms with Crippen molar-refractivity contribution in [3.8, 4) is 0 Å². The van der Waals surface area contributed by atoms with Gasteiger partial charge in [0.2, 0.25) is 0 Å². The molecule has 0 heterocycles. The summed E-state index contributed by atoms with van der Waals surface area (Å²) in [5.74, 6) is -1.14. The first-order valence-electron chi connectivity index (χ1n) is 6.97. The fraction of sp³-hybridized carbons (Fsp3) is 0. The fourth-order valence-corrected chi connectivity index (χ4v) is 4.63. The Morgan fingerprint density at radius 2 is 1.04 bits per heavy atom. The van der Waals surface area contributed by atoms with E-state index in [1.54, 1.807) is 12.1 Å². The molecule has 0 amide bonds. The number of carboxylic acids is 1. The minimum atomic E-state index is -1.14. The van der Waals surface area contributed by atoms with Crippen LogP contribution >= 0.6 is 7.92 Å². The molecule has 0 saturated carbocycles. The molecule has 0 bridgehead atoms. The number of hydrogen-bond donors (Lipinski definition) is 0. The van der Waals surface area contributed by atoms with E-state index >= 15 is 0 Å². The quantitative estimate of drug-likeness (QED) is 0.447. The molecule has 3 rings (SSSR count). The molecule has 0 fully saturated rings. The van der Waals surface area contributed by atoms with Gasteiger partial charge in [-0.15, -0.1) is 0 Å². The van der Waals surface area contributed by atoms with Crippen molar-refractivity contribution >= 4 is 29.8 Å². The van der Waals surface area contributed by atoms with Crippen molar-refractivity contribution in [1.82, 2.24) is 0 Å². The molecule has 0 aliphatic heterocycles. The average Bonchev–Trinajstić information content (AvgIpc) is 2.57. The Kier molecular flexibility index (Phi) is 6.56. The summed E-state index contributed by atoms with van der Waals surface area (Å²) in [4.78, 5) is 10.9. The molecule has 0 N–H and O–H groups in total. The molecule has 23 heavy (non-hydrogen) atoms. The monoisotopic (exact) mass is 328 g/mol. The third-order valence-corrected chi connectivity index (χ3v) is 5.83. The van der Waals surface area contributed by atoms with Crippen LogP contribution in [-0.2, 0) is 0 Å². The average molecular weight is 328 g/mol. The van der Waals surface area contributed by atoms with E-state index in [2.05, 4.69) is 24.3 Å². The summed E-state index contributed by atoms with van der Waals surface area (Å²) in [5.41, 5.74) is 0.208. The molecule has 0 spiro atoms. The summed E-state index contributed by atoms with van der Waals surface area (Å²) in [6.07, 6.45) is 0. The maximum atomic E-state index is 10.9. The summed E-state index contributed by atoms with van der Waals surface area (Å²) < 4.78 is 0. The maximum Gasteiger partial charge on any atom is 1.00 e. The summed E-state index contributed by atoms with van der Waals surface area (Å²) >= 11 is 0. The Balaban J connectivity index is 0.00000192. The molecular formula is C19H14NaO2P. The second kappa shape index (κ2) is 8.42. The van der Waals surface area contributed by atoms with Gasteiger partial charge in [-0.1, -0.05) is 84.9 Å². The molecule has 3 aromatic rings. The van der Waals surface area contributed by atoms with Gasteiger partial charge in [0.1, 0.15) is 0 Å². The van der Waals surface area contributed by atoms with E-state index in [-0.39, 0.29) is 35.1 Å². The van der Waals surface area contributed by atoms with Crippen LogP contribution in [0.5, 0.6) is 0 Å². The molecule has 0 radical (unpaired) electrons. The van der Waals surface area contributed by atoms with E-state index in [0.717, 1.165) is 5.30 Å². The van der Waals surface area contributed by atoms with Crippen molar-refractivity contribution in [2.24, 2.45) is 0 Å². The van der Waals surface area contributed by atoms with Gasteiger partial charge in [-0.25, -0.2) is 0 Å². The fourth-order valence-electron chi connectivity index (χ4n) is 2.35. The molecule has 108 valence electrons. The first-order chi connectivity index (χ1) is 10.8. The van der Waals surface area contributed by atoms with Crippen LogP contribution < -0.4 is 50.6 Å². The number of hydrogen-bond acceptors (Lipinski definition) is 2. The van der Waals surface area contributed by atoms with Crippen molar-refractivity contribution < 1.29 is 39.5 Å². The van der Waals surface area contributed by atoms with Crippen molar-refractivity contribution in [3.63, 3.8) is 0 Å². The molecule has 0 atom stereocenters. The third kappa shape index (κ3) is 4.31. The first-order valence-corrected chi connectivity index (χ1v) is 8.31. The Labute approximate surface area is 159 Å². The largest absolute Gasteiger partial charge is 1.00 e. The van der Waals surface area contributed by atoms with Crippen molar-refractivity contribution in [2.45, 2.75) is 0 Å². The Morgan fingerprint density at radius 1 is 0.652 bits per heavy atom. The van der Waals surface area contributed by atoms with Crippen LogP contribution in [-0.4, -0.2) is 5.97 Å². The minimum absolute atomic E-state index is 0. The zero-order valence-corrected chi connectivity index (χ0v) is 15.7. The summed E-state index contributed by atoms with van der Waals surface area (Å²) in [5, 5.41) is 14.5. The van der Waals surface area contributed by atoms with E-state index in [4.69, 9.17) is 0 Å². The van der Waals surface area contributed by atoms with E-state index in [1.807, 2.05) is 48.5 Å². The number of aromatic carboxylic acids is 1. The van der Waals surface area contributed by atoms with Gasteiger partial charge in [-0.05, 0) is 29.4 Å². The van der Waals surface area contributed by atoms with E-state index in [0.29, 0.717) is 0 Å². The SMILES string of the molecule is O=C([O-])c1ccc(P(c2ccccc2)c2ccccc2)cc1.[Na+]. The van der Waals surface area contributed by atoms with Crippen LogP contribution in [0, 0.1) is 0 Å². The van der Waals surface area contributed by atoms with E-state index in [1.165, 1.54) is 10.6 Å². The molecule has 0 aliphatic rings. The third-order valence-electron chi connectivity index (χ3n) is 3.39. The number of rotatable bonds is 4. The molecule has 0 aromatic heterocycles. The normalized spacial score (nSPS) is 10.1. The van der Waals surface area contributed by atoms with Crippen molar-refractivity contribution in [3.05, 3.63) is 90.5 Å². The van der Waals surface area contributed by atoms with Gasteiger partial charge in [0.05, 0.1) is 5.97 Å². The van der Waals surface area contributed by atoms with Crippen LogP contribution in [0.3, 0.4) is 0 Å². The van der Waals surface area contributed by atoms with Crippen molar-refractivity contribution in [2.75, 3.05) is 0 Å². The summed E-state index contributed by atoms with van der Waals surface area (Å²) in [7, 11) is -0.691. The van der Waals surface area contributed by atoms with Crippen LogP contribution in [0.4, 0.5) is 0 Å². The predicted octanol–water partition coefficient (Wildman–Crippen LogP) is -1.19. The minimum Gasteiger partial charge on any atom is -0.545 e. The standard InChI is InChI=1S/C19H15O2P.Na/c20-19(21)15-11-13-18(14-12-15)22(16-7-3-1-4-8-16)17-9-5-2-6-10-17;/h1-14H,(H,20,21);/q;+1/p-1. The van der Waals surface area contributed by atoms with Gasteiger partial charge in [-0.3, -0.25) is 0 Å². The molecule has 0 unspecified atom stereocenters. The number of carbonyl (C=O) groups is 1. The Morgan fingerprint density at radius 3 is 1.43 bits per heavy atom. The predicted molar refractivity (Wildman–Crippen MR) is 89.5 cm³/mol. The van der Waals surface area contributed by atoms with Crippen molar-refractivity contribution in [1.29, 1.82) is 0 Å². The Bertz CT molecular complexity index is 719. The van der Waals surface area contributed by atoms with Crippen LogP contribution in [0.15, 0.2) is 84.9 Å². The molecule has 0 aliphatic carbocycles. The van der Waals surface area contributed by atoms with Gasteiger partial charge < -0.3 is 9.90 Å². The summed E-state index contributed by atoms with van der Waals surface area (Å²) in [6, 6.07) is 27.6. The van der Waals surface area contributed by atoms with Gasteiger partial charge in [0, 0.05) is 0 Å². The molecule has 2 nitrogen and oxygen atoms in total. The molecule has 3 aromatic carbocycles. The van der Waals surface area contributed by atoms with Gasteiger partial charge in [0.15, 0.2) is 0 Å². The second-order valence-electron chi connectivity index (χ2n) is 4.84. The van der Waals surface area contributed by atoms with E-state index < -0.39 is 13.9 Å². The molecule has 4 heteroatoms. The van der Waals surface area contributed by atoms with Gasteiger partial charge >= 0.3 is 29.6 Å². The van der Waals surface area contributed by atoms with Crippen LogP contribution in [0.1, 0.15) is 10.4 Å². The number of benzene rings is 3. The maximum absolute atomic E-state index is 10.9.